The first-order valence-electron chi connectivity index (χ1n) is 18.7. The summed E-state index contributed by atoms with van der Waals surface area (Å²) in [6, 6.07) is -0.527. The van der Waals surface area contributed by atoms with Crippen LogP contribution in [0.25, 0.3) is 0 Å². The average molecular weight is 582 g/mol. The van der Waals surface area contributed by atoms with E-state index in [-0.39, 0.29) is 12.5 Å². The molecule has 0 bridgehead atoms. The minimum Gasteiger partial charge on any atom is -0.394 e. The number of hydrogen-bond acceptors (Lipinski definition) is 3. The predicted molar refractivity (Wildman–Crippen MR) is 179 cm³/mol. The smallest absolute Gasteiger partial charge is 0.220 e. The topological polar surface area (TPSA) is 69.6 Å². The van der Waals surface area contributed by atoms with Gasteiger partial charge in [-0.15, -0.1) is 0 Å². The lowest BCUT2D eigenvalue weighted by Gasteiger charge is -2.22. The van der Waals surface area contributed by atoms with Gasteiger partial charge in [0.1, 0.15) is 0 Å². The minimum atomic E-state index is -0.651. The lowest BCUT2D eigenvalue weighted by atomic mass is 10.0. The molecule has 0 fully saturated rings. The van der Waals surface area contributed by atoms with Crippen molar-refractivity contribution in [3.05, 3.63) is 0 Å². The average Bonchev–Trinajstić information content (AvgIpc) is 2.97. The Bertz CT molecular complexity index is 512. The fraction of sp³-hybridized carbons (Fsp3) is 0.973. The summed E-state index contributed by atoms with van der Waals surface area (Å²) in [5, 5.41) is 23.0. The molecule has 0 radical (unpaired) electrons. The van der Waals surface area contributed by atoms with Crippen molar-refractivity contribution in [3.63, 3.8) is 0 Å². The van der Waals surface area contributed by atoms with E-state index in [1.165, 1.54) is 161 Å². The number of amides is 1. The van der Waals surface area contributed by atoms with Crippen LogP contribution in [0, 0.1) is 0 Å². The van der Waals surface area contributed by atoms with Gasteiger partial charge in [0, 0.05) is 6.42 Å². The van der Waals surface area contributed by atoms with Crippen LogP contribution in [0.3, 0.4) is 0 Å². The molecule has 0 spiro atoms. The van der Waals surface area contributed by atoms with Gasteiger partial charge in [-0.25, -0.2) is 0 Å². The fourth-order valence-electron chi connectivity index (χ4n) is 5.95. The SMILES string of the molecule is CCCCCCCCCCCCCCCCCC(=O)NC(CO)C(O)CCCCCCCCCCCCCCCC. The van der Waals surface area contributed by atoms with E-state index in [9.17, 15) is 15.0 Å². The molecule has 3 N–H and O–H groups in total. The number of rotatable bonds is 34. The Morgan fingerprint density at radius 1 is 0.488 bits per heavy atom. The predicted octanol–water partition coefficient (Wildman–Crippen LogP) is 11.0. The van der Waals surface area contributed by atoms with Crippen LogP contribution in [0.1, 0.15) is 213 Å². The normalized spacial score (nSPS) is 13.0. The first-order chi connectivity index (χ1) is 20.2. The van der Waals surface area contributed by atoms with Crippen molar-refractivity contribution in [1.82, 2.24) is 5.32 Å². The molecule has 0 saturated heterocycles. The lowest BCUT2D eigenvalue weighted by Crippen LogP contribution is -2.45. The monoisotopic (exact) mass is 582 g/mol. The Labute approximate surface area is 257 Å². The number of carbonyl (C=O) groups is 1. The highest BCUT2D eigenvalue weighted by molar-refractivity contribution is 5.76. The highest BCUT2D eigenvalue weighted by Gasteiger charge is 2.19. The maximum Gasteiger partial charge on any atom is 0.220 e. The van der Waals surface area contributed by atoms with Gasteiger partial charge in [0.2, 0.25) is 5.91 Å². The van der Waals surface area contributed by atoms with Crippen molar-refractivity contribution in [2.24, 2.45) is 0 Å². The van der Waals surface area contributed by atoms with Crippen LogP contribution in [-0.4, -0.2) is 34.9 Å². The molecular weight excluding hydrogens is 506 g/mol. The Morgan fingerprint density at radius 2 is 0.780 bits per heavy atom. The summed E-state index contributed by atoms with van der Waals surface area (Å²) in [7, 11) is 0. The molecule has 41 heavy (non-hydrogen) atoms. The van der Waals surface area contributed by atoms with Crippen molar-refractivity contribution in [2.75, 3.05) is 6.61 Å². The first-order valence-corrected chi connectivity index (χ1v) is 18.7. The standard InChI is InChI=1S/C37H75NO3/c1-3-5-7-9-11-13-15-17-19-21-23-25-27-29-31-33-37(41)38-35(34-39)36(40)32-30-28-26-24-22-20-18-16-14-12-10-8-6-4-2/h35-36,39-40H,3-34H2,1-2H3,(H,38,41). The van der Waals surface area contributed by atoms with Crippen molar-refractivity contribution in [3.8, 4) is 0 Å². The van der Waals surface area contributed by atoms with Crippen LogP contribution in [-0.2, 0) is 4.79 Å². The molecule has 4 nitrogen and oxygen atoms in total. The van der Waals surface area contributed by atoms with E-state index in [1.807, 2.05) is 0 Å². The summed E-state index contributed by atoms with van der Waals surface area (Å²) in [5.41, 5.74) is 0. The van der Waals surface area contributed by atoms with E-state index < -0.39 is 12.1 Å². The molecule has 0 aliphatic heterocycles. The number of carbonyl (C=O) groups excluding carboxylic acids is 1. The zero-order valence-corrected chi connectivity index (χ0v) is 28.1. The Hall–Kier alpha value is -0.610. The van der Waals surface area contributed by atoms with Gasteiger partial charge in [0.15, 0.2) is 0 Å². The molecule has 0 aromatic rings. The van der Waals surface area contributed by atoms with E-state index in [1.54, 1.807) is 0 Å². The number of aliphatic hydroxyl groups is 2. The van der Waals surface area contributed by atoms with E-state index >= 15 is 0 Å². The molecule has 2 unspecified atom stereocenters. The highest BCUT2D eigenvalue weighted by Crippen LogP contribution is 2.16. The van der Waals surface area contributed by atoms with Gasteiger partial charge >= 0.3 is 0 Å². The third-order valence-corrected chi connectivity index (χ3v) is 8.87. The van der Waals surface area contributed by atoms with Crippen molar-refractivity contribution in [1.29, 1.82) is 0 Å². The van der Waals surface area contributed by atoms with Gasteiger partial charge in [-0.2, -0.15) is 0 Å². The molecule has 246 valence electrons. The molecule has 0 aromatic carbocycles. The van der Waals surface area contributed by atoms with Crippen LogP contribution in [0.2, 0.25) is 0 Å². The van der Waals surface area contributed by atoms with Crippen LogP contribution < -0.4 is 5.32 Å². The molecule has 0 saturated carbocycles. The molecule has 4 heteroatoms. The molecule has 0 aliphatic carbocycles. The van der Waals surface area contributed by atoms with Gasteiger partial charge in [-0.05, 0) is 12.8 Å². The molecule has 1 amide bonds. The number of unbranched alkanes of at least 4 members (excludes halogenated alkanes) is 27. The number of hydrogen-bond donors (Lipinski definition) is 3. The molecule has 0 rings (SSSR count). The maximum absolute atomic E-state index is 12.3. The van der Waals surface area contributed by atoms with E-state index in [4.69, 9.17) is 0 Å². The largest absolute Gasteiger partial charge is 0.394 e. The van der Waals surface area contributed by atoms with E-state index in [0.29, 0.717) is 12.8 Å². The fourth-order valence-corrected chi connectivity index (χ4v) is 5.95. The van der Waals surface area contributed by atoms with E-state index in [0.717, 1.165) is 25.7 Å². The second-order valence-electron chi connectivity index (χ2n) is 13.0. The molecule has 0 aromatic heterocycles. The zero-order chi connectivity index (χ0) is 30.1. The summed E-state index contributed by atoms with van der Waals surface area (Å²) in [6.45, 7) is 4.36. The maximum atomic E-state index is 12.3. The van der Waals surface area contributed by atoms with Gasteiger partial charge in [-0.3, -0.25) is 4.79 Å². The molecule has 0 heterocycles. The minimum absolute atomic E-state index is 0.0289. The van der Waals surface area contributed by atoms with Gasteiger partial charge in [0.25, 0.3) is 0 Å². The van der Waals surface area contributed by atoms with Crippen molar-refractivity contribution in [2.45, 2.75) is 225 Å². The first kappa shape index (κ1) is 40.4. The lowest BCUT2D eigenvalue weighted by molar-refractivity contribution is -0.123. The van der Waals surface area contributed by atoms with Gasteiger partial charge < -0.3 is 15.5 Å². The van der Waals surface area contributed by atoms with Crippen LogP contribution in [0.4, 0.5) is 0 Å². The zero-order valence-electron chi connectivity index (χ0n) is 28.1. The molecule has 0 aliphatic rings. The quantitative estimate of drug-likeness (QED) is 0.0662. The third kappa shape index (κ3) is 30.6. The highest BCUT2D eigenvalue weighted by atomic mass is 16.3. The van der Waals surface area contributed by atoms with E-state index in [2.05, 4.69) is 19.2 Å². The Morgan fingerprint density at radius 3 is 1.10 bits per heavy atom. The number of aliphatic hydroxyl groups excluding tert-OH is 2. The molecule has 2 atom stereocenters. The number of nitrogens with one attached hydrogen (secondary N) is 1. The summed E-state index contributed by atoms with van der Waals surface area (Å²) in [6.07, 6.45) is 38.7. The van der Waals surface area contributed by atoms with Crippen LogP contribution >= 0.6 is 0 Å². The summed E-state index contributed by atoms with van der Waals surface area (Å²) in [5.74, 6) is -0.0289. The van der Waals surface area contributed by atoms with Crippen molar-refractivity contribution >= 4 is 5.91 Å². The third-order valence-electron chi connectivity index (χ3n) is 8.87. The van der Waals surface area contributed by atoms with Crippen LogP contribution in [0.5, 0.6) is 0 Å². The Kier molecular flexibility index (Phi) is 33.4. The van der Waals surface area contributed by atoms with Gasteiger partial charge in [0.05, 0.1) is 18.8 Å². The van der Waals surface area contributed by atoms with Crippen LogP contribution in [0.15, 0.2) is 0 Å². The summed E-state index contributed by atoms with van der Waals surface area (Å²) < 4.78 is 0. The second-order valence-corrected chi connectivity index (χ2v) is 13.0. The van der Waals surface area contributed by atoms with Gasteiger partial charge in [-0.1, -0.05) is 194 Å². The second kappa shape index (κ2) is 33.9. The summed E-state index contributed by atoms with van der Waals surface area (Å²) in [4.78, 5) is 12.3. The van der Waals surface area contributed by atoms with Crippen molar-refractivity contribution < 1.29 is 15.0 Å². The molecular formula is C37H75NO3. The Balaban J connectivity index is 3.52. The summed E-state index contributed by atoms with van der Waals surface area (Å²) >= 11 is 0.